The van der Waals surface area contributed by atoms with Crippen LogP contribution >= 0.6 is 0 Å². The van der Waals surface area contributed by atoms with Gasteiger partial charge >= 0.3 is 5.97 Å². The maximum atomic E-state index is 13.0. The van der Waals surface area contributed by atoms with E-state index in [4.69, 9.17) is 4.74 Å². The summed E-state index contributed by atoms with van der Waals surface area (Å²) in [5.41, 5.74) is 3.98. The lowest BCUT2D eigenvalue weighted by Crippen LogP contribution is -2.19. The third kappa shape index (κ3) is 5.66. The van der Waals surface area contributed by atoms with Gasteiger partial charge in [0.2, 0.25) is 5.91 Å². The highest BCUT2D eigenvalue weighted by atomic mass is 16.5. The average Bonchev–Trinajstić information content (AvgIpc) is 3.15. The van der Waals surface area contributed by atoms with Gasteiger partial charge in [-0.1, -0.05) is 50.2 Å². The number of pyridine rings is 2. The van der Waals surface area contributed by atoms with Crippen LogP contribution in [0.4, 0.5) is 11.4 Å². The molecule has 35 heavy (non-hydrogen) atoms. The number of esters is 1. The van der Waals surface area contributed by atoms with Crippen molar-refractivity contribution in [3.05, 3.63) is 83.9 Å². The van der Waals surface area contributed by atoms with E-state index in [1.165, 1.54) is 7.11 Å². The summed E-state index contributed by atoms with van der Waals surface area (Å²) < 4.78 is 6.93. The van der Waals surface area contributed by atoms with Gasteiger partial charge in [-0.05, 0) is 29.2 Å². The molecule has 8 nitrogen and oxygen atoms in total. The molecule has 1 amide bonds. The van der Waals surface area contributed by atoms with Crippen LogP contribution in [0.3, 0.4) is 0 Å². The second kappa shape index (κ2) is 10.8. The standard InChI is InChI=1S/C27H29N5O3/c1-18(2)17-32-25(27(34)35-3)24(31-23(33)12-19-8-5-4-6-9-19)22-13-21(16-30-26(22)32)29-15-20-10-7-11-28-14-20/h4-11,13-14,16,18,29H,12,15,17H2,1-3H3,(H,31,33). The second-order valence-electron chi connectivity index (χ2n) is 8.74. The van der Waals surface area contributed by atoms with Gasteiger partial charge in [0.15, 0.2) is 5.69 Å². The van der Waals surface area contributed by atoms with Crippen molar-refractivity contribution in [1.29, 1.82) is 0 Å². The number of nitrogens with zero attached hydrogens (tertiary/aromatic N) is 3. The van der Waals surface area contributed by atoms with Crippen molar-refractivity contribution in [2.75, 3.05) is 17.7 Å². The Morgan fingerprint density at radius 1 is 1.06 bits per heavy atom. The van der Waals surface area contributed by atoms with Gasteiger partial charge in [-0.2, -0.15) is 0 Å². The van der Waals surface area contributed by atoms with Crippen molar-refractivity contribution in [2.45, 2.75) is 33.4 Å². The third-order valence-electron chi connectivity index (χ3n) is 5.52. The Balaban J connectivity index is 1.74. The van der Waals surface area contributed by atoms with E-state index >= 15 is 0 Å². The fourth-order valence-electron chi connectivity index (χ4n) is 3.97. The molecule has 0 saturated heterocycles. The van der Waals surface area contributed by atoms with Crippen molar-refractivity contribution < 1.29 is 14.3 Å². The van der Waals surface area contributed by atoms with Gasteiger partial charge in [-0.25, -0.2) is 9.78 Å². The van der Waals surface area contributed by atoms with E-state index < -0.39 is 5.97 Å². The number of ether oxygens (including phenoxy) is 1. The SMILES string of the molecule is COC(=O)c1c(NC(=O)Cc2ccccc2)c2cc(NCc3cccnc3)cnc2n1CC(C)C. The Labute approximate surface area is 204 Å². The highest BCUT2D eigenvalue weighted by molar-refractivity contribution is 6.11. The Kier molecular flexibility index (Phi) is 7.40. The first kappa shape index (κ1) is 23.9. The second-order valence-corrected chi connectivity index (χ2v) is 8.74. The number of aromatic nitrogens is 3. The van der Waals surface area contributed by atoms with E-state index in [-0.39, 0.29) is 23.9 Å². The van der Waals surface area contributed by atoms with Gasteiger partial charge < -0.3 is 19.9 Å². The van der Waals surface area contributed by atoms with E-state index in [0.29, 0.717) is 29.8 Å². The fourth-order valence-corrected chi connectivity index (χ4v) is 3.97. The minimum absolute atomic E-state index is 0.185. The van der Waals surface area contributed by atoms with Crippen LogP contribution in [-0.4, -0.2) is 33.5 Å². The molecule has 0 atom stereocenters. The van der Waals surface area contributed by atoms with E-state index in [9.17, 15) is 9.59 Å². The number of nitrogens with one attached hydrogen (secondary N) is 2. The number of carbonyl (C=O) groups excluding carboxylic acids is 2. The van der Waals surface area contributed by atoms with Gasteiger partial charge in [0.1, 0.15) is 5.65 Å². The molecule has 0 aliphatic rings. The summed E-state index contributed by atoms with van der Waals surface area (Å²) in [6.07, 6.45) is 5.44. The number of amides is 1. The summed E-state index contributed by atoms with van der Waals surface area (Å²) in [5.74, 6) is -0.505. The van der Waals surface area contributed by atoms with Crippen molar-refractivity contribution in [3.63, 3.8) is 0 Å². The van der Waals surface area contributed by atoms with Crippen LogP contribution < -0.4 is 10.6 Å². The zero-order chi connectivity index (χ0) is 24.8. The molecule has 3 aromatic heterocycles. The molecule has 8 heteroatoms. The average molecular weight is 472 g/mol. The molecule has 0 aliphatic heterocycles. The highest BCUT2D eigenvalue weighted by Crippen LogP contribution is 2.33. The molecular formula is C27H29N5O3. The number of hydrogen-bond acceptors (Lipinski definition) is 6. The summed E-state index contributed by atoms with van der Waals surface area (Å²) in [6.45, 7) is 5.23. The van der Waals surface area contributed by atoms with Crippen molar-refractivity contribution >= 4 is 34.3 Å². The molecule has 1 aromatic carbocycles. The van der Waals surface area contributed by atoms with Gasteiger partial charge in [0.05, 0.1) is 31.1 Å². The summed E-state index contributed by atoms with van der Waals surface area (Å²) in [4.78, 5) is 34.7. The maximum Gasteiger partial charge on any atom is 0.356 e. The molecule has 4 aromatic rings. The molecule has 180 valence electrons. The maximum absolute atomic E-state index is 13.0. The Hall–Kier alpha value is -4.20. The Bertz CT molecular complexity index is 1320. The van der Waals surface area contributed by atoms with Crippen molar-refractivity contribution in [2.24, 2.45) is 5.92 Å². The lowest BCUT2D eigenvalue weighted by atomic mass is 10.1. The zero-order valence-corrected chi connectivity index (χ0v) is 20.1. The summed E-state index contributed by atoms with van der Waals surface area (Å²) in [5, 5.41) is 6.99. The van der Waals surface area contributed by atoms with Crippen LogP contribution in [0.15, 0.2) is 67.1 Å². The van der Waals surface area contributed by atoms with E-state index in [1.54, 1.807) is 18.6 Å². The lowest BCUT2D eigenvalue weighted by molar-refractivity contribution is -0.115. The monoisotopic (exact) mass is 471 g/mol. The highest BCUT2D eigenvalue weighted by Gasteiger charge is 2.26. The third-order valence-corrected chi connectivity index (χ3v) is 5.52. The Morgan fingerprint density at radius 2 is 1.83 bits per heavy atom. The van der Waals surface area contributed by atoms with Crippen LogP contribution in [0.1, 0.15) is 35.5 Å². The van der Waals surface area contributed by atoms with Crippen LogP contribution in [0, 0.1) is 5.92 Å². The summed E-state index contributed by atoms with van der Waals surface area (Å²) >= 11 is 0. The molecule has 0 radical (unpaired) electrons. The minimum Gasteiger partial charge on any atom is -0.464 e. The smallest absolute Gasteiger partial charge is 0.356 e. The quantitative estimate of drug-likeness (QED) is 0.344. The van der Waals surface area contributed by atoms with Gasteiger partial charge in [-0.3, -0.25) is 9.78 Å². The normalized spacial score (nSPS) is 11.0. The number of benzene rings is 1. The molecule has 0 spiro atoms. The van der Waals surface area contributed by atoms with Crippen LogP contribution in [0.5, 0.6) is 0 Å². The first-order valence-corrected chi connectivity index (χ1v) is 11.5. The van der Waals surface area contributed by atoms with E-state index in [2.05, 4.69) is 34.4 Å². The topological polar surface area (TPSA) is 98.1 Å². The number of carbonyl (C=O) groups is 2. The molecule has 0 bridgehead atoms. The number of rotatable bonds is 9. The van der Waals surface area contributed by atoms with Crippen LogP contribution in [0.2, 0.25) is 0 Å². The van der Waals surface area contributed by atoms with Gasteiger partial charge in [0, 0.05) is 30.9 Å². The molecule has 0 unspecified atom stereocenters. The van der Waals surface area contributed by atoms with Crippen LogP contribution in [-0.2, 0) is 29.0 Å². The fraction of sp³-hybridized carbons (Fsp3) is 0.259. The number of hydrogen-bond donors (Lipinski definition) is 2. The first-order valence-electron chi connectivity index (χ1n) is 11.5. The van der Waals surface area contributed by atoms with Crippen molar-refractivity contribution in [1.82, 2.24) is 14.5 Å². The van der Waals surface area contributed by atoms with E-state index in [1.807, 2.05) is 53.1 Å². The molecule has 4 rings (SSSR count). The number of anilines is 2. The van der Waals surface area contributed by atoms with Crippen molar-refractivity contribution in [3.8, 4) is 0 Å². The Morgan fingerprint density at radius 3 is 2.51 bits per heavy atom. The molecule has 3 heterocycles. The predicted molar refractivity (Wildman–Crippen MR) is 136 cm³/mol. The summed E-state index contributed by atoms with van der Waals surface area (Å²) in [7, 11) is 1.34. The molecule has 0 saturated carbocycles. The van der Waals surface area contributed by atoms with Gasteiger partial charge in [0.25, 0.3) is 0 Å². The number of fused-ring (bicyclic) bond motifs is 1. The molecule has 0 fully saturated rings. The number of methoxy groups -OCH3 is 1. The summed E-state index contributed by atoms with van der Waals surface area (Å²) in [6, 6.07) is 15.2. The molecular weight excluding hydrogens is 442 g/mol. The first-order chi connectivity index (χ1) is 17.0. The molecule has 2 N–H and O–H groups in total. The van der Waals surface area contributed by atoms with E-state index in [0.717, 1.165) is 16.8 Å². The predicted octanol–water partition coefficient (Wildman–Crippen LogP) is 4.67. The van der Waals surface area contributed by atoms with Gasteiger partial charge in [-0.15, -0.1) is 0 Å². The lowest BCUT2D eigenvalue weighted by Gasteiger charge is -2.12. The molecule has 0 aliphatic carbocycles. The zero-order valence-electron chi connectivity index (χ0n) is 20.1. The minimum atomic E-state index is -0.525. The largest absolute Gasteiger partial charge is 0.464 e. The van der Waals surface area contributed by atoms with Crippen LogP contribution in [0.25, 0.3) is 11.0 Å².